The lowest BCUT2D eigenvalue weighted by Crippen LogP contribution is -2.43. The number of carbonyl (C=O) groups excluding carboxylic acids is 1. The van der Waals surface area contributed by atoms with Gasteiger partial charge in [-0.25, -0.2) is 4.79 Å². The second-order valence-electron chi connectivity index (χ2n) is 5.02. The maximum Gasteiger partial charge on any atom is 0.321 e. The van der Waals surface area contributed by atoms with Crippen molar-refractivity contribution in [2.45, 2.75) is 19.8 Å². The molecule has 1 heterocycles. The van der Waals surface area contributed by atoms with Crippen LogP contribution in [0.2, 0.25) is 0 Å². The number of carbonyl (C=O) groups is 1. The van der Waals surface area contributed by atoms with E-state index in [1.54, 1.807) is 4.90 Å². The first-order valence-corrected chi connectivity index (χ1v) is 7.12. The maximum absolute atomic E-state index is 12.1. The second kappa shape index (κ2) is 7.14. The van der Waals surface area contributed by atoms with Gasteiger partial charge in [-0.1, -0.05) is 0 Å². The molecule has 0 spiro atoms. The Hall–Kier alpha value is -1.75. The normalized spacial score (nSPS) is 18.7. The van der Waals surface area contributed by atoms with Crippen LogP contribution in [0.15, 0.2) is 24.3 Å². The number of nitrogens with one attached hydrogen (secondary N) is 1. The second-order valence-corrected chi connectivity index (χ2v) is 5.02. The van der Waals surface area contributed by atoms with E-state index in [4.69, 9.17) is 4.74 Å². The first kappa shape index (κ1) is 14.7. The highest BCUT2D eigenvalue weighted by Gasteiger charge is 2.22. The average molecular weight is 278 g/mol. The van der Waals surface area contributed by atoms with E-state index in [9.17, 15) is 9.90 Å². The minimum atomic E-state index is -0.104. The summed E-state index contributed by atoms with van der Waals surface area (Å²) in [6, 6.07) is 7.23. The van der Waals surface area contributed by atoms with Crippen LogP contribution in [0, 0.1) is 5.92 Å². The van der Waals surface area contributed by atoms with Crippen molar-refractivity contribution >= 4 is 11.7 Å². The fourth-order valence-corrected chi connectivity index (χ4v) is 2.40. The van der Waals surface area contributed by atoms with E-state index in [2.05, 4.69) is 5.32 Å². The van der Waals surface area contributed by atoms with Crippen LogP contribution in [0.1, 0.15) is 19.8 Å². The number of anilines is 1. The largest absolute Gasteiger partial charge is 0.494 e. The van der Waals surface area contributed by atoms with Crippen molar-refractivity contribution in [1.29, 1.82) is 0 Å². The van der Waals surface area contributed by atoms with Gasteiger partial charge in [0, 0.05) is 25.4 Å². The van der Waals surface area contributed by atoms with Crippen molar-refractivity contribution in [2.24, 2.45) is 5.92 Å². The van der Waals surface area contributed by atoms with Gasteiger partial charge in [-0.3, -0.25) is 0 Å². The van der Waals surface area contributed by atoms with Crippen molar-refractivity contribution in [3.05, 3.63) is 24.3 Å². The van der Waals surface area contributed by atoms with E-state index in [0.717, 1.165) is 30.8 Å². The highest BCUT2D eigenvalue weighted by atomic mass is 16.5. The Balaban J connectivity index is 1.90. The number of ether oxygens (including phenoxy) is 1. The molecule has 2 rings (SSSR count). The number of likely N-dealkylation sites (tertiary alicyclic amines) is 1. The van der Waals surface area contributed by atoms with Crippen LogP contribution < -0.4 is 10.1 Å². The number of hydrogen-bond donors (Lipinski definition) is 2. The SMILES string of the molecule is CCOc1ccc(NC(=O)N2CCCC(CO)C2)cc1. The lowest BCUT2D eigenvalue weighted by Gasteiger charge is -2.31. The number of piperidine rings is 1. The predicted molar refractivity (Wildman–Crippen MR) is 78.0 cm³/mol. The van der Waals surface area contributed by atoms with Gasteiger partial charge in [0.05, 0.1) is 6.61 Å². The summed E-state index contributed by atoms with van der Waals surface area (Å²) in [6.07, 6.45) is 1.94. The molecule has 0 aromatic heterocycles. The topological polar surface area (TPSA) is 61.8 Å². The molecule has 20 heavy (non-hydrogen) atoms. The number of nitrogens with zero attached hydrogens (tertiary/aromatic N) is 1. The summed E-state index contributed by atoms with van der Waals surface area (Å²) < 4.78 is 5.36. The highest BCUT2D eigenvalue weighted by Crippen LogP contribution is 2.19. The molecule has 5 nitrogen and oxygen atoms in total. The third-order valence-electron chi connectivity index (χ3n) is 3.48. The van der Waals surface area contributed by atoms with Gasteiger partial charge in [0.1, 0.15) is 5.75 Å². The number of aliphatic hydroxyl groups is 1. The Morgan fingerprint density at radius 1 is 1.45 bits per heavy atom. The zero-order valence-corrected chi connectivity index (χ0v) is 11.8. The summed E-state index contributed by atoms with van der Waals surface area (Å²) in [5, 5.41) is 12.1. The summed E-state index contributed by atoms with van der Waals surface area (Å²) in [4.78, 5) is 13.9. The molecule has 0 saturated carbocycles. The molecule has 110 valence electrons. The number of benzene rings is 1. The lowest BCUT2D eigenvalue weighted by molar-refractivity contribution is 0.136. The number of aliphatic hydroxyl groups excluding tert-OH is 1. The molecule has 1 atom stereocenters. The fourth-order valence-electron chi connectivity index (χ4n) is 2.40. The van der Waals surface area contributed by atoms with Crippen LogP contribution in [0.25, 0.3) is 0 Å². The van der Waals surface area contributed by atoms with Crippen molar-refractivity contribution in [3.8, 4) is 5.75 Å². The van der Waals surface area contributed by atoms with Crippen molar-refractivity contribution < 1.29 is 14.6 Å². The molecule has 2 N–H and O–H groups in total. The molecule has 5 heteroatoms. The third-order valence-corrected chi connectivity index (χ3v) is 3.48. The molecule has 0 radical (unpaired) electrons. The monoisotopic (exact) mass is 278 g/mol. The van der Waals surface area contributed by atoms with Gasteiger partial charge >= 0.3 is 6.03 Å². The van der Waals surface area contributed by atoms with Crippen LogP contribution in [0.5, 0.6) is 5.75 Å². The van der Waals surface area contributed by atoms with E-state index in [1.807, 2.05) is 31.2 Å². The number of rotatable bonds is 4. The smallest absolute Gasteiger partial charge is 0.321 e. The molecular weight excluding hydrogens is 256 g/mol. The first-order chi connectivity index (χ1) is 9.72. The van der Waals surface area contributed by atoms with Gasteiger partial charge in [0.15, 0.2) is 0 Å². The third kappa shape index (κ3) is 3.87. The van der Waals surface area contributed by atoms with Gasteiger partial charge < -0.3 is 20.1 Å². The zero-order chi connectivity index (χ0) is 14.4. The Labute approximate surface area is 119 Å². The average Bonchev–Trinajstić information content (AvgIpc) is 2.49. The van der Waals surface area contributed by atoms with E-state index in [1.165, 1.54) is 0 Å². The van der Waals surface area contributed by atoms with Crippen molar-refractivity contribution in [3.63, 3.8) is 0 Å². The number of hydrogen-bond acceptors (Lipinski definition) is 3. The molecule has 0 aliphatic carbocycles. The molecule has 1 fully saturated rings. The summed E-state index contributed by atoms with van der Waals surface area (Å²) in [7, 11) is 0. The van der Waals surface area contributed by atoms with Crippen LogP contribution >= 0.6 is 0 Å². The van der Waals surface area contributed by atoms with Crippen LogP contribution in [0.4, 0.5) is 10.5 Å². The molecule has 1 aromatic rings. The van der Waals surface area contributed by atoms with Gasteiger partial charge in [-0.2, -0.15) is 0 Å². The Morgan fingerprint density at radius 2 is 2.20 bits per heavy atom. The first-order valence-electron chi connectivity index (χ1n) is 7.12. The predicted octanol–water partition coefficient (Wildman–Crippen LogP) is 2.32. The molecule has 1 aromatic carbocycles. The standard InChI is InChI=1S/C15H22N2O3/c1-2-20-14-7-5-13(6-8-14)16-15(19)17-9-3-4-12(10-17)11-18/h5-8,12,18H,2-4,9-11H2,1H3,(H,16,19). The van der Waals surface area contributed by atoms with Crippen LogP contribution in [0.3, 0.4) is 0 Å². The quantitative estimate of drug-likeness (QED) is 0.888. The van der Waals surface area contributed by atoms with Crippen molar-refractivity contribution in [1.82, 2.24) is 4.90 Å². The highest BCUT2D eigenvalue weighted by molar-refractivity contribution is 5.89. The number of amides is 2. The summed E-state index contributed by atoms with van der Waals surface area (Å²) in [5.74, 6) is 0.999. The zero-order valence-electron chi connectivity index (χ0n) is 11.8. The molecule has 1 saturated heterocycles. The van der Waals surface area contributed by atoms with E-state index in [-0.39, 0.29) is 18.6 Å². The molecular formula is C15H22N2O3. The molecule has 2 amide bonds. The van der Waals surface area contributed by atoms with Gasteiger partial charge in [-0.15, -0.1) is 0 Å². The molecule has 1 aliphatic rings. The van der Waals surface area contributed by atoms with E-state index >= 15 is 0 Å². The summed E-state index contributed by atoms with van der Waals surface area (Å²) >= 11 is 0. The minimum Gasteiger partial charge on any atom is -0.494 e. The Bertz CT molecular complexity index is 433. The van der Waals surface area contributed by atoms with Crippen molar-refractivity contribution in [2.75, 3.05) is 31.6 Å². The number of urea groups is 1. The van der Waals surface area contributed by atoms with E-state index < -0.39 is 0 Å². The summed E-state index contributed by atoms with van der Waals surface area (Å²) in [6.45, 7) is 4.08. The van der Waals surface area contributed by atoms with Crippen LogP contribution in [-0.4, -0.2) is 42.3 Å². The van der Waals surface area contributed by atoms with Gasteiger partial charge in [0.2, 0.25) is 0 Å². The maximum atomic E-state index is 12.1. The molecule has 1 unspecified atom stereocenters. The van der Waals surface area contributed by atoms with Gasteiger partial charge in [-0.05, 0) is 49.9 Å². The fraction of sp³-hybridized carbons (Fsp3) is 0.533. The molecule has 1 aliphatic heterocycles. The van der Waals surface area contributed by atoms with E-state index in [0.29, 0.717) is 13.2 Å². The Kier molecular flexibility index (Phi) is 5.24. The summed E-state index contributed by atoms with van der Waals surface area (Å²) in [5.41, 5.74) is 0.754. The minimum absolute atomic E-state index is 0.104. The van der Waals surface area contributed by atoms with Crippen LogP contribution in [-0.2, 0) is 0 Å². The molecule has 0 bridgehead atoms. The van der Waals surface area contributed by atoms with Gasteiger partial charge in [0.25, 0.3) is 0 Å². The Morgan fingerprint density at radius 3 is 2.85 bits per heavy atom. The lowest BCUT2D eigenvalue weighted by atomic mass is 9.99.